The Balaban J connectivity index is 0.000000185. The molecular weight excluding hydrogens is 877 g/mol. The van der Waals surface area contributed by atoms with Gasteiger partial charge >= 0.3 is 12.4 Å². The van der Waals surface area contributed by atoms with Gasteiger partial charge in [0.25, 0.3) is 0 Å². The Morgan fingerprint density at radius 3 is 1.50 bits per heavy atom. The van der Waals surface area contributed by atoms with Gasteiger partial charge in [-0.3, -0.25) is 9.97 Å². The van der Waals surface area contributed by atoms with E-state index in [4.69, 9.17) is 0 Å². The molecule has 1 fully saturated rings. The van der Waals surface area contributed by atoms with E-state index in [1.165, 1.54) is 35.2 Å². The molecule has 12 nitrogen and oxygen atoms in total. The predicted octanol–water partition coefficient (Wildman–Crippen LogP) is 7.17. The Morgan fingerprint density at radius 2 is 1.09 bits per heavy atom. The van der Waals surface area contributed by atoms with Crippen molar-refractivity contribution in [1.82, 2.24) is 39.0 Å². The van der Waals surface area contributed by atoms with E-state index in [2.05, 4.69) is 29.9 Å². The van der Waals surface area contributed by atoms with Crippen molar-refractivity contribution in [2.75, 3.05) is 11.5 Å². The number of pyridine rings is 4. The van der Waals surface area contributed by atoms with E-state index >= 15 is 0 Å². The van der Waals surface area contributed by atoms with E-state index < -0.39 is 43.2 Å². The zero-order chi connectivity index (χ0) is 39.5. The lowest BCUT2D eigenvalue weighted by atomic mass is 10.2. The van der Waals surface area contributed by atoms with Crippen LogP contribution in [-0.4, -0.2) is 67.4 Å². The fourth-order valence-corrected chi connectivity index (χ4v) is 8.31. The lowest BCUT2D eigenvalue weighted by Gasteiger charge is -2.10. The third-order valence-electron chi connectivity index (χ3n) is 8.67. The summed E-state index contributed by atoms with van der Waals surface area (Å²) in [4.78, 5) is 24.6. The number of alkyl halides is 6. The molecule has 0 unspecified atom stereocenters. The molecule has 0 spiro atoms. The number of aromatic nitrogens is 8. The number of halogens is 7. The summed E-state index contributed by atoms with van der Waals surface area (Å²) in [6.45, 7) is 3.04. The number of fused-ring (bicyclic) bond motifs is 2. The van der Waals surface area contributed by atoms with Crippen LogP contribution in [0.15, 0.2) is 58.8 Å². The highest BCUT2D eigenvalue weighted by Crippen LogP contribution is 2.42. The number of rotatable bonds is 7. The second-order valence-electron chi connectivity index (χ2n) is 12.3. The molecule has 21 heteroatoms. The first-order chi connectivity index (χ1) is 25.2. The van der Waals surface area contributed by atoms with Gasteiger partial charge in [0.05, 0.1) is 32.4 Å². The van der Waals surface area contributed by atoms with Crippen LogP contribution in [0.5, 0.6) is 0 Å². The van der Waals surface area contributed by atoms with Gasteiger partial charge in [-0.1, -0.05) is 13.8 Å². The van der Waals surface area contributed by atoms with Crippen LogP contribution < -0.4 is 0 Å². The molecule has 0 bridgehead atoms. The predicted molar refractivity (Wildman–Crippen MR) is 194 cm³/mol. The zero-order valence-corrected chi connectivity index (χ0v) is 32.5. The van der Waals surface area contributed by atoms with E-state index in [9.17, 15) is 43.2 Å². The van der Waals surface area contributed by atoms with Crippen molar-refractivity contribution in [3.05, 3.63) is 69.3 Å². The Hall–Kier alpha value is -4.25. The topological polar surface area (TPSA) is 155 Å². The number of aryl methyl sites for hydroxylation is 2. The Labute approximate surface area is 318 Å². The monoisotopic (exact) mass is 906 g/mol. The summed E-state index contributed by atoms with van der Waals surface area (Å²) in [5.41, 5.74) is -0.315. The summed E-state index contributed by atoms with van der Waals surface area (Å²) in [5.74, 6) is 0.355. The molecule has 0 saturated heterocycles. The van der Waals surface area contributed by atoms with Gasteiger partial charge in [0.15, 0.2) is 42.6 Å². The van der Waals surface area contributed by atoms with Crippen LogP contribution in [0, 0.1) is 3.57 Å². The molecule has 0 atom stereocenters. The van der Waals surface area contributed by atoms with Gasteiger partial charge in [-0.05, 0) is 71.2 Å². The van der Waals surface area contributed by atoms with E-state index in [1.54, 1.807) is 26.4 Å². The molecule has 0 aromatic carbocycles. The van der Waals surface area contributed by atoms with E-state index in [1.807, 2.05) is 22.6 Å². The minimum absolute atomic E-state index is 0.0116. The molecule has 6 heterocycles. The van der Waals surface area contributed by atoms with Crippen LogP contribution in [0.1, 0.15) is 49.3 Å². The molecule has 6 aromatic heterocycles. The second kappa shape index (κ2) is 14.1. The molecule has 0 aliphatic heterocycles. The Bertz CT molecular complexity index is 2660. The number of sulfone groups is 2. The molecule has 1 aliphatic carbocycles. The number of hydrogen-bond acceptors (Lipinski definition) is 10. The molecule has 54 heavy (non-hydrogen) atoms. The van der Waals surface area contributed by atoms with Crippen LogP contribution >= 0.6 is 22.6 Å². The van der Waals surface area contributed by atoms with Crippen LogP contribution in [0.4, 0.5) is 26.3 Å². The van der Waals surface area contributed by atoms with Gasteiger partial charge in [-0.25, -0.2) is 36.8 Å². The third kappa shape index (κ3) is 7.66. The number of nitrogens with zero attached hydrogens (tertiary/aromatic N) is 8. The molecule has 7 rings (SSSR count). The van der Waals surface area contributed by atoms with Crippen LogP contribution in [0.25, 0.3) is 45.4 Å². The Morgan fingerprint density at radius 1 is 0.667 bits per heavy atom. The first kappa shape index (κ1) is 39.4. The second-order valence-corrected chi connectivity index (χ2v) is 18.1. The maximum Gasteiger partial charge on any atom is 0.417 e. The average Bonchev–Trinajstić information content (AvgIpc) is 3.85. The molecule has 0 N–H and O–H groups in total. The minimum Gasteiger partial charge on any atom is -0.310 e. The lowest BCUT2D eigenvalue weighted by molar-refractivity contribution is -0.138. The van der Waals surface area contributed by atoms with Gasteiger partial charge in [0.1, 0.15) is 22.4 Å². The van der Waals surface area contributed by atoms with Crippen LogP contribution in [0.3, 0.4) is 0 Å². The molecule has 6 aromatic rings. The van der Waals surface area contributed by atoms with Gasteiger partial charge in [0.2, 0.25) is 0 Å². The van der Waals surface area contributed by atoms with Crippen molar-refractivity contribution in [1.29, 1.82) is 0 Å². The number of imidazole rings is 2. The van der Waals surface area contributed by atoms with E-state index in [-0.39, 0.29) is 66.7 Å². The fourth-order valence-electron chi connectivity index (χ4n) is 5.53. The van der Waals surface area contributed by atoms with Gasteiger partial charge in [-0.2, -0.15) is 26.3 Å². The quantitative estimate of drug-likeness (QED) is 0.119. The van der Waals surface area contributed by atoms with Gasteiger partial charge < -0.3 is 9.13 Å². The molecule has 0 radical (unpaired) electrons. The van der Waals surface area contributed by atoms with Crippen molar-refractivity contribution in [3.8, 4) is 23.0 Å². The number of hydrogen-bond donors (Lipinski definition) is 0. The third-order valence-corrected chi connectivity index (χ3v) is 12.7. The maximum atomic E-state index is 13.0. The molecule has 286 valence electrons. The van der Waals surface area contributed by atoms with Crippen molar-refractivity contribution >= 4 is 64.6 Å². The summed E-state index contributed by atoms with van der Waals surface area (Å²) in [7, 11) is -4.09. The van der Waals surface area contributed by atoms with Crippen molar-refractivity contribution < 1.29 is 43.2 Å². The highest BCUT2D eigenvalue weighted by atomic mass is 127. The van der Waals surface area contributed by atoms with Gasteiger partial charge in [-0.15, -0.1) is 0 Å². The van der Waals surface area contributed by atoms with Crippen molar-refractivity contribution in [3.63, 3.8) is 0 Å². The first-order valence-electron chi connectivity index (χ1n) is 16.1. The molecule has 1 aliphatic rings. The standard InChI is InChI=1S/C18H17F3N4O2S.C15H12F3IN4O2S/c1-3-28(26,27)14-6-11(10-4-5-10)8-22-15(14)17-24-13-7-12(18(19,20)21)9-23-16(13)25(17)2;1-3-26(24,25)11-5-9(19)7-20-12(11)14-22-10-4-8(15(16,17)18)6-21-13(10)23(14)2/h6-10H,3-5H2,1-2H3;4-7H,3H2,1-2H3. The summed E-state index contributed by atoms with van der Waals surface area (Å²) in [5, 5.41) is 0. The molecule has 1 saturated carbocycles. The van der Waals surface area contributed by atoms with Crippen molar-refractivity contribution in [2.45, 2.75) is 54.8 Å². The van der Waals surface area contributed by atoms with E-state index in [0.717, 1.165) is 42.9 Å². The summed E-state index contributed by atoms with van der Waals surface area (Å²) >= 11 is 1.94. The normalized spacial score (nSPS) is 14.1. The minimum atomic E-state index is -4.54. The van der Waals surface area contributed by atoms with E-state index in [0.29, 0.717) is 9.49 Å². The summed E-state index contributed by atoms with van der Waals surface area (Å²) in [6, 6.07) is 4.87. The molecular formula is C33H29F6IN8O4S2. The fraction of sp³-hybridized carbons (Fsp3) is 0.333. The van der Waals surface area contributed by atoms with Crippen LogP contribution in [-0.2, 0) is 46.1 Å². The zero-order valence-electron chi connectivity index (χ0n) is 28.7. The summed E-state index contributed by atoms with van der Waals surface area (Å²) in [6.07, 6.45) is -2.56. The largest absolute Gasteiger partial charge is 0.417 e. The molecule has 0 amide bonds. The highest BCUT2D eigenvalue weighted by molar-refractivity contribution is 14.1. The smallest absolute Gasteiger partial charge is 0.310 e. The average molecular weight is 907 g/mol. The Kier molecular flexibility index (Phi) is 10.3. The SMILES string of the molecule is CCS(=O)(=O)c1cc(C2CC2)cnc1-c1nc2cc(C(F)(F)F)cnc2n1C.CCS(=O)(=O)c1cc(I)cnc1-c1nc2cc(C(F)(F)F)cnc2n1C. The highest BCUT2D eigenvalue weighted by Gasteiger charge is 2.34. The van der Waals surface area contributed by atoms with Crippen LogP contribution in [0.2, 0.25) is 0 Å². The lowest BCUT2D eigenvalue weighted by Crippen LogP contribution is -2.09. The first-order valence-corrected chi connectivity index (χ1v) is 20.5. The van der Waals surface area contributed by atoms with Crippen molar-refractivity contribution in [2.24, 2.45) is 14.1 Å². The summed E-state index contributed by atoms with van der Waals surface area (Å²) < 4.78 is 131. The maximum absolute atomic E-state index is 13.0. The van der Waals surface area contributed by atoms with Gasteiger partial charge in [0, 0.05) is 42.5 Å².